The van der Waals surface area contributed by atoms with Crippen LogP contribution in [-0.4, -0.2) is 37.8 Å². The second-order valence-electron chi connectivity index (χ2n) is 4.99. The van der Waals surface area contributed by atoms with Crippen LogP contribution in [-0.2, 0) is 4.79 Å². The number of hydrogen-bond donors (Lipinski definition) is 1. The van der Waals surface area contributed by atoms with E-state index in [1.54, 1.807) is 22.2 Å². The predicted octanol–water partition coefficient (Wildman–Crippen LogP) is 1.90. The van der Waals surface area contributed by atoms with Crippen LogP contribution in [0.2, 0.25) is 0 Å². The molecule has 2 heterocycles. The first-order valence-electron chi connectivity index (χ1n) is 7.02. The molecular weight excluding hydrogens is 322 g/mol. The molecule has 0 saturated heterocycles. The molecule has 7 nitrogen and oxygen atoms in total. The van der Waals surface area contributed by atoms with Gasteiger partial charge in [-0.2, -0.15) is 0 Å². The topological polar surface area (TPSA) is 89.8 Å². The maximum absolute atomic E-state index is 11.9. The van der Waals surface area contributed by atoms with E-state index < -0.39 is 0 Å². The average Bonchev–Trinajstić information content (AvgIpc) is 3.24. The van der Waals surface area contributed by atoms with Crippen molar-refractivity contribution in [1.82, 2.24) is 25.5 Å². The van der Waals surface area contributed by atoms with Crippen LogP contribution in [0.15, 0.2) is 22.7 Å². The second kappa shape index (κ2) is 7.01. The van der Waals surface area contributed by atoms with E-state index >= 15 is 0 Å². The SMILES string of the molecule is O=C(CSc1nnnn1C1CCCC1)NC(=O)c1cccs1. The Bertz CT molecular complexity index is 649. The maximum Gasteiger partial charge on any atom is 0.267 e. The molecule has 2 aromatic rings. The molecule has 0 radical (unpaired) electrons. The molecule has 0 aliphatic heterocycles. The van der Waals surface area contributed by atoms with Crippen LogP contribution >= 0.6 is 23.1 Å². The van der Waals surface area contributed by atoms with Gasteiger partial charge in [-0.1, -0.05) is 30.7 Å². The summed E-state index contributed by atoms with van der Waals surface area (Å²) in [5.41, 5.74) is 0. The van der Waals surface area contributed by atoms with Crippen LogP contribution in [0, 0.1) is 0 Å². The number of tetrazole rings is 1. The zero-order chi connectivity index (χ0) is 15.4. The molecule has 2 amide bonds. The minimum absolute atomic E-state index is 0.115. The van der Waals surface area contributed by atoms with Gasteiger partial charge in [-0.05, 0) is 34.7 Å². The van der Waals surface area contributed by atoms with Crippen molar-refractivity contribution in [3.8, 4) is 0 Å². The third kappa shape index (κ3) is 3.53. The van der Waals surface area contributed by atoms with E-state index in [1.807, 2.05) is 0 Å². The first kappa shape index (κ1) is 15.2. The molecule has 1 N–H and O–H groups in total. The molecule has 116 valence electrons. The molecule has 0 aromatic carbocycles. The van der Waals surface area contributed by atoms with Crippen LogP contribution < -0.4 is 5.32 Å². The molecule has 3 rings (SSSR count). The Morgan fingerprint density at radius 2 is 2.23 bits per heavy atom. The molecule has 0 bridgehead atoms. The van der Waals surface area contributed by atoms with Crippen LogP contribution in [0.1, 0.15) is 41.4 Å². The quantitative estimate of drug-likeness (QED) is 0.838. The highest BCUT2D eigenvalue weighted by Gasteiger charge is 2.22. The Hall–Kier alpha value is -1.74. The lowest BCUT2D eigenvalue weighted by molar-refractivity contribution is -0.117. The average molecular weight is 337 g/mol. The first-order valence-corrected chi connectivity index (χ1v) is 8.89. The minimum Gasteiger partial charge on any atom is -0.291 e. The summed E-state index contributed by atoms with van der Waals surface area (Å²) in [5.74, 6) is -0.593. The third-order valence-corrected chi connectivity index (χ3v) is 5.27. The monoisotopic (exact) mass is 337 g/mol. The molecule has 1 fully saturated rings. The number of carbonyl (C=O) groups is 2. The summed E-state index contributed by atoms with van der Waals surface area (Å²) in [4.78, 5) is 24.2. The number of nitrogens with zero attached hydrogens (tertiary/aromatic N) is 4. The van der Waals surface area contributed by atoms with Crippen molar-refractivity contribution in [3.05, 3.63) is 22.4 Å². The summed E-state index contributed by atoms with van der Waals surface area (Å²) < 4.78 is 1.80. The van der Waals surface area contributed by atoms with E-state index in [1.165, 1.54) is 35.9 Å². The summed E-state index contributed by atoms with van der Waals surface area (Å²) >= 11 is 2.55. The van der Waals surface area contributed by atoms with Crippen molar-refractivity contribution >= 4 is 34.9 Å². The van der Waals surface area contributed by atoms with Gasteiger partial charge < -0.3 is 0 Å². The summed E-state index contributed by atoms with van der Waals surface area (Å²) in [6.07, 6.45) is 4.51. The molecular formula is C13H15N5O2S2. The summed E-state index contributed by atoms with van der Waals surface area (Å²) in [6.45, 7) is 0. The Morgan fingerprint density at radius 1 is 1.41 bits per heavy atom. The van der Waals surface area contributed by atoms with Crippen LogP contribution in [0.3, 0.4) is 0 Å². The Balaban J connectivity index is 1.53. The lowest BCUT2D eigenvalue weighted by Gasteiger charge is -2.10. The molecule has 1 aliphatic carbocycles. The van der Waals surface area contributed by atoms with Gasteiger partial charge in [-0.15, -0.1) is 16.4 Å². The number of rotatable bonds is 5. The molecule has 22 heavy (non-hydrogen) atoms. The Kier molecular flexibility index (Phi) is 4.84. The number of aromatic nitrogens is 4. The van der Waals surface area contributed by atoms with E-state index in [4.69, 9.17) is 0 Å². The molecule has 9 heteroatoms. The summed E-state index contributed by atoms with van der Waals surface area (Å²) in [7, 11) is 0. The van der Waals surface area contributed by atoms with Crippen molar-refractivity contribution in [1.29, 1.82) is 0 Å². The van der Waals surface area contributed by atoms with Crippen LogP contribution in [0.25, 0.3) is 0 Å². The highest BCUT2D eigenvalue weighted by Crippen LogP contribution is 2.31. The van der Waals surface area contributed by atoms with Gasteiger partial charge in [0.05, 0.1) is 16.7 Å². The third-order valence-electron chi connectivity index (χ3n) is 3.46. The fourth-order valence-electron chi connectivity index (χ4n) is 2.42. The van der Waals surface area contributed by atoms with E-state index in [2.05, 4.69) is 20.8 Å². The number of carbonyl (C=O) groups excluding carboxylic acids is 2. The fraction of sp³-hybridized carbons (Fsp3) is 0.462. The Morgan fingerprint density at radius 3 is 2.95 bits per heavy atom. The minimum atomic E-state index is -0.365. The normalized spacial score (nSPS) is 15.1. The van der Waals surface area contributed by atoms with E-state index in [9.17, 15) is 9.59 Å². The van der Waals surface area contributed by atoms with E-state index in [0.29, 0.717) is 16.1 Å². The van der Waals surface area contributed by atoms with Gasteiger partial charge in [0.1, 0.15) is 0 Å². The van der Waals surface area contributed by atoms with Crippen molar-refractivity contribution in [2.75, 3.05) is 5.75 Å². The molecule has 0 spiro atoms. The largest absolute Gasteiger partial charge is 0.291 e. The van der Waals surface area contributed by atoms with E-state index in [0.717, 1.165) is 12.8 Å². The first-order chi connectivity index (χ1) is 10.7. The fourth-order valence-corrected chi connectivity index (χ4v) is 3.78. The number of thiophene rings is 1. The maximum atomic E-state index is 11.9. The van der Waals surface area contributed by atoms with Crippen LogP contribution in [0.4, 0.5) is 0 Å². The standard InChI is InChI=1S/C13H15N5O2S2/c19-11(14-12(20)10-6-3-7-21-10)8-22-13-15-16-17-18(13)9-4-1-2-5-9/h3,6-7,9H,1-2,4-5,8H2,(H,14,19,20). The zero-order valence-electron chi connectivity index (χ0n) is 11.8. The lowest BCUT2D eigenvalue weighted by atomic mass is 10.3. The molecule has 1 aliphatic rings. The van der Waals surface area contributed by atoms with Gasteiger partial charge in [0, 0.05) is 0 Å². The molecule has 2 aromatic heterocycles. The van der Waals surface area contributed by atoms with Gasteiger partial charge in [-0.3, -0.25) is 14.9 Å². The van der Waals surface area contributed by atoms with Crippen molar-refractivity contribution < 1.29 is 9.59 Å². The van der Waals surface area contributed by atoms with Crippen LogP contribution in [0.5, 0.6) is 0 Å². The Labute approximate surface area is 135 Å². The number of hydrogen-bond acceptors (Lipinski definition) is 7. The lowest BCUT2D eigenvalue weighted by Crippen LogP contribution is -2.31. The van der Waals surface area contributed by atoms with Gasteiger partial charge in [-0.25, -0.2) is 4.68 Å². The van der Waals surface area contributed by atoms with Gasteiger partial charge in [0.2, 0.25) is 11.1 Å². The smallest absolute Gasteiger partial charge is 0.267 e. The van der Waals surface area contributed by atoms with Crippen molar-refractivity contribution in [3.63, 3.8) is 0 Å². The predicted molar refractivity (Wildman–Crippen MR) is 82.8 cm³/mol. The highest BCUT2D eigenvalue weighted by atomic mass is 32.2. The van der Waals surface area contributed by atoms with E-state index in [-0.39, 0.29) is 17.6 Å². The summed E-state index contributed by atoms with van der Waals surface area (Å²) in [6, 6.07) is 3.78. The van der Waals surface area contributed by atoms with Crippen molar-refractivity contribution in [2.24, 2.45) is 0 Å². The summed E-state index contributed by atoms with van der Waals surface area (Å²) in [5, 5.41) is 16.5. The number of thioether (sulfide) groups is 1. The van der Waals surface area contributed by atoms with Gasteiger partial charge in [0.25, 0.3) is 5.91 Å². The van der Waals surface area contributed by atoms with Crippen molar-refractivity contribution in [2.45, 2.75) is 36.9 Å². The number of nitrogens with one attached hydrogen (secondary N) is 1. The second-order valence-corrected chi connectivity index (χ2v) is 6.88. The van der Waals surface area contributed by atoms with Gasteiger partial charge in [0.15, 0.2) is 0 Å². The zero-order valence-corrected chi connectivity index (χ0v) is 13.4. The molecule has 0 atom stereocenters. The molecule has 1 saturated carbocycles. The molecule has 0 unspecified atom stereocenters. The van der Waals surface area contributed by atoms with Gasteiger partial charge >= 0.3 is 0 Å². The number of imide groups is 1. The highest BCUT2D eigenvalue weighted by molar-refractivity contribution is 7.99. The number of amides is 2.